The maximum absolute atomic E-state index is 11.7. The molecule has 0 radical (unpaired) electrons. The Balaban J connectivity index is 1.94. The second-order valence-corrected chi connectivity index (χ2v) is 6.11. The van der Waals surface area contributed by atoms with Crippen LogP contribution in [0.15, 0.2) is 36.4 Å². The van der Waals surface area contributed by atoms with Gasteiger partial charge in [0.25, 0.3) is 0 Å². The van der Waals surface area contributed by atoms with Crippen molar-refractivity contribution in [3.63, 3.8) is 0 Å². The molecule has 0 aliphatic heterocycles. The Hall–Kier alpha value is -2.69. The zero-order chi connectivity index (χ0) is 17.8. The smallest absolute Gasteiger partial charge is 0.339 e. The van der Waals surface area contributed by atoms with Crippen LogP contribution in [-0.4, -0.2) is 31.4 Å². The van der Waals surface area contributed by atoms with Crippen molar-refractivity contribution in [2.75, 3.05) is 14.2 Å². The number of carbonyl (C=O) groups is 1. The first kappa shape index (κ1) is 17.1. The first-order valence-electron chi connectivity index (χ1n) is 8.38. The van der Waals surface area contributed by atoms with E-state index in [-0.39, 0.29) is 11.7 Å². The molecule has 0 amide bonds. The van der Waals surface area contributed by atoms with E-state index in [0.29, 0.717) is 17.2 Å². The lowest BCUT2D eigenvalue weighted by molar-refractivity contribution is 0.0689. The summed E-state index contributed by atoms with van der Waals surface area (Å²) in [7, 11) is 3.15. The summed E-state index contributed by atoms with van der Waals surface area (Å²) in [6.07, 6.45) is 4.35. The van der Waals surface area contributed by atoms with E-state index in [2.05, 4.69) is 0 Å². The molecule has 1 N–H and O–H groups in total. The van der Waals surface area contributed by atoms with E-state index in [0.717, 1.165) is 36.8 Å². The molecular formula is C20H22O5. The third-order valence-electron chi connectivity index (χ3n) is 4.52. The van der Waals surface area contributed by atoms with Gasteiger partial charge in [-0.25, -0.2) is 4.79 Å². The van der Waals surface area contributed by atoms with Gasteiger partial charge in [0.2, 0.25) is 0 Å². The van der Waals surface area contributed by atoms with Crippen LogP contribution in [0.4, 0.5) is 0 Å². The van der Waals surface area contributed by atoms with Gasteiger partial charge in [0.05, 0.1) is 20.3 Å². The van der Waals surface area contributed by atoms with Crippen LogP contribution in [0.2, 0.25) is 0 Å². The van der Waals surface area contributed by atoms with Crippen molar-refractivity contribution in [1.29, 1.82) is 0 Å². The molecule has 1 saturated carbocycles. The van der Waals surface area contributed by atoms with E-state index in [1.165, 1.54) is 0 Å². The Morgan fingerprint density at radius 1 is 0.920 bits per heavy atom. The van der Waals surface area contributed by atoms with Crippen LogP contribution < -0.4 is 14.2 Å². The van der Waals surface area contributed by atoms with Crippen LogP contribution in [0.25, 0.3) is 11.1 Å². The molecule has 0 unspecified atom stereocenters. The van der Waals surface area contributed by atoms with Gasteiger partial charge in [0, 0.05) is 0 Å². The van der Waals surface area contributed by atoms with Crippen molar-refractivity contribution in [3.8, 4) is 28.4 Å². The van der Waals surface area contributed by atoms with Crippen molar-refractivity contribution in [2.24, 2.45) is 0 Å². The first-order valence-corrected chi connectivity index (χ1v) is 8.38. The van der Waals surface area contributed by atoms with E-state index >= 15 is 0 Å². The lowest BCUT2D eigenvalue weighted by atomic mass is 10.0. The van der Waals surface area contributed by atoms with Gasteiger partial charge in [0.15, 0.2) is 11.5 Å². The second kappa shape index (κ2) is 7.47. The molecule has 5 heteroatoms. The summed E-state index contributed by atoms with van der Waals surface area (Å²) in [6, 6.07) is 10.8. The number of hydrogen-bond acceptors (Lipinski definition) is 4. The highest BCUT2D eigenvalue weighted by Gasteiger charge is 2.20. The maximum Gasteiger partial charge on any atom is 0.339 e. The quantitative estimate of drug-likeness (QED) is 0.843. The Bertz CT molecular complexity index is 763. The summed E-state index contributed by atoms with van der Waals surface area (Å²) in [6.45, 7) is 0. The van der Waals surface area contributed by atoms with Crippen LogP contribution >= 0.6 is 0 Å². The average Bonchev–Trinajstić information content (AvgIpc) is 3.14. The summed E-state index contributed by atoms with van der Waals surface area (Å²) >= 11 is 0. The van der Waals surface area contributed by atoms with Crippen molar-refractivity contribution in [2.45, 2.75) is 31.8 Å². The molecule has 0 heterocycles. The Kier molecular flexibility index (Phi) is 5.12. The summed E-state index contributed by atoms with van der Waals surface area (Å²) in [5, 5.41) is 9.57. The van der Waals surface area contributed by atoms with E-state index in [1.807, 2.05) is 18.2 Å². The number of benzene rings is 2. The topological polar surface area (TPSA) is 65.0 Å². The SMILES string of the molecule is COc1ccc(-c2ccc(OC3CCCC3)c(C(=O)O)c2)cc1OC. The van der Waals surface area contributed by atoms with Crippen molar-refractivity contribution in [3.05, 3.63) is 42.0 Å². The predicted molar refractivity (Wildman–Crippen MR) is 94.8 cm³/mol. The largest absolute Gasteiger partial charge is 0.493 e. The molecule has 3 rings (SSSR count). The summed E-state index contributed by atoms with van der Waals surface area (Å²) < 4.78 is 16.5. The molecule has 1 fully saturated rings. The van der Waals surface area contributed by atoms with E-state index < -0.39 is 5.97 Å². The van der Waals surface area contributed by atoms with E-state index in [4.69, 9.17) is 14.2 Å². The maximum atomic E-state index is 11.7. The zero-order valence-electron chi connectivity index (χ0n) is 14.5. The van der Waals surface area contributed by atoms with Gasteiger partial charge in [-0.1, -0.05) is 12.1 Å². The summed E-state index contributed by atoms with van der Waals surface area (Å²) in [5.41, 5.74) is 1.82. The van der Waals surface area contributed by atoms with Crippen molar-refractivity contribution >= 4 is 5.97 Å². The highest BCUT2D eigenvalue weighted by molar-refractivity contribution is 5.92. The van der Waals surface area contributed by atoms with E-state index in [1.54, 1.807) is 32.4 Å². The number of methoxy groups -OCH3 is 2. The third-order valence-corrected chi connectivity index (χ3v) is 4.52. The number of hydrogen-bond donors (Lipinski definition) is 1. The minimum atomic E-state index is -0.990. The lowest BCUT2D eigenvalue weighted by Crippen LogP contribution is -2.13. The molecule has 1 aliphatic rings. The number of ether oxygens (including phenoxy) is 3. The van der Waals surface area contributed by atoms with Crippen molar-refractivity contribution < 1.29 is 24.1 Å². The molecule has 5 nitrogen and oxygen atoms in total. The van der Waals surface area contributed by atoms with Crippen LogP contribution in [-0.2, 0) is 0 Å². The minimum absolute atomic E-state index is 0.116. The molecule has 1 aliphatic carbocycles. The van der Waals surface area contributed by atoms with Gasteiger partial charge in [-0.05, 0) is 61.1 Å². The van der Waals surface area contributed by atoms with Gasteiger partial charge in [-0.2, -0.15) is 0 Å². The summed E-state index contributed by atoms with van der Waals surface area (Å²) in [4.78, 5) is 11.7. The fourth-order valence-corrected chi connectivity index (χ4v) is 3.18. The van der Waals surface area contributed by atoms with Gasteiger partial charge in [0.1, 0.15) is 11.3 Å². The van der Waals surface area contributed by atoms with E-state index in [9.17, 15) is 9.90 Å². The van der Waals surface area contributed by atoms with Crippen molar-refractivity contribution in [1.82, 2.24) is 0 Å². The molecule has 132 valence electrons. The fourth-order valence-electron chi connectivity index (χ4n) is 3.18. The minimum Gasteiger partial charge on any atom is -0.493 e. The molecule has 0 saturated heterocycles. The van der Waals surface area contributed by atoms with Gasteiger partial charge in [-0.3, -0.25) is 0 Å². The number of carboxylic acids is 1. The highest BCUT2D eigenvalue weighted by Crippen LogP contribution is 2.35. The second-order valence-electron chi connectivity index (χ2n) is 6.11. The molecule has 0 bridgehead atoms. The Morgan fingerprint density at radius 3 is 2.12 bits per heavy atom. The predicted octanol–water partition coefficient (Wildman–Crippen LogP) is 4.39. The highest BCUT2D eigenvalue weighted by atomic mass is 16.5. The molecule has 25 heavy (non-hydrogen) atoms. The molecular weight excluding hydrogens is 320 g/mol. The Morgan fingerprint density at radius 2 is 1.52 bits per heavy atom. The van der Waals surface area contributed by atoms with Crippen LogP contribution in [0.1, 0.15) is 36.0 Å². The zero-order valence-corrected chi connectivity index (χ0v) is 14.5. The molecule has 0 aromatic heterocycles. The molecule has 0 atom stereocenters. The van der Waals surface area contributed by atoms with Crippen LogP contribution in [0, 0.1) is 0 Å². The molecule has 0 spiro atoms. The molecule has 2 aromatic rings. The monoisotopic (exact) mass is 342 g/mol. The first-order chi connectivity index (χ1) is 12.1. The average molecular weight is 342 g/mol. The Labute approximate surface area is 147 Å². The van der Waals surface area contributed by atoms with Crippen LogP contribution in [0.5, 0.6) is 17.2 Å². The number of rotatable bonds is 6. The van der Waals surface area contributed by atoms with Gasteiger partial charge < -0.3 is 19.3 Å². The standard InChI is InChI=1S/C20H22O5/c1-23-18-10-8-14(12-19(18)24-2)13-7-9-17(16(11-13)20(21)22)25-15-5-3-4-6-15/h7-12,15H,3-6H2,1-2H3,(H,21,22). The van der Waals surface area contributed by atoms with Crippen LogP contribution in [0.3, 0.4) is 0 Å². The summed E-state index contributed by atoms with van der Waals surface area (Å²) in [5.74, 6) is 0.674. The number of aromatic carboxylic acids is 1. The third kappa shape index (κ3) is 3.71. The fraction of sp³-hybridized carbons (Fsp3) is 0.350. The molecule has 2 aromatic carbocycles. The number of carboxylic acid groups (broad SMARTS) is 1. The normalized spacial score (nSPS) is 14.3. The lowest BCUT2D eigenvalue weighted by Gasteiger charge is -2.16. The van der Waals surface area contributed by atoms with Gasteiger partial charge >= 0.3 is 5.97 Å². The van der Waals surface area contributed by atoms with Gasteiger partial charge in [-0.15, -0.1) is 0 Å².